The van der Waals surface area contributed by atoms with E-state index < -0.39 is 16.1 Å². The number of sulfonamides is 1. The maximum Gasteiger partial charge on any atom is 0.243 e. The van der Waals surface area contributed by atoms with Gasteiger partial charge in [0.1, 0.15) is 6.04 Å². The molecule has 8 heteroatoms. The van der Waals surface area contributed by atoms with E-state index in [4.69, 9.17) is 0 Å². The van der Waals surface area contributed by atoms with Crippen LogP contribution in [0.4, 0.5) is 5.69 Å². The molecule has 0 spiro atoms. The molecule has 4 rings (SSSR count). The van der Waals surface area contributed by atoms with Crippen molar-refractivity contribution in [2.75, 3.05) is 17.1 Å². The molecule has 230 valence electrons. The molecule has 1 saturated carbocycles. The molecule has 2 amide bonds. The topological polar surface area (TPSA) is 86.8 Å². The van der Waals surface area contributed by atoms with E-state index in [-0.39, 0.29) is 30.8 Å². The van der Waals surface area contributed by atoms with Crippen LogP contribution < -0.4 is 9.62 Å². The predicted octanol–water partition coefficient (Wildman–Crippen LogP) is 5.94. The summed E-state index contributed by atoms with van der Waals surface area (Å²) in [6, 6.07) is 24.5. The van der Waals surface area contributed by atoms with Crippen molar-refractivity contribution in [3.05, 3.63) is 101 Å². The standard InChI is InChI=1S/C35H45N3O4S/c1-27-21-22-32(24-28(27)2)38(43(3,41)42)23-13-20-34(39)37(26-30-16-9-5-10-17-30)33(25-29-14-7-4-8-15-29)35(40)36-31-18-11-6-12-19-31/h4-5,7-10,14-17,21-22,24,31,33H,6,11-13,18-20,23,25-26H2,1-3H3,(H,36,40)/t33-/m0/s1. The molecular formula is C35H45N3O4S. The van der Waals surface area contributed by atoms with E-state index >= 15 is 0 Å². The van der Waals surface area contributed by atoms with Gasteiger partial charge >= 0.3 is 0 Å². The lowest BCUT2D eigenvalue weighted by molar-refractivity contribution is -0.141. The summed E-state index contributed by atoms with van der Waals surface area (Å²) in [6.07, 6.45) is 7.32. The molecule has 1 N–H and O–H groups in total. The van der Waals surface area contributed by atoms with Crippen molar-refractivity contribution in [3.63, 3.8) is 0 Å². The lowest BCUT2D eigenvalue weighted by Gasteiger charge is -2.34. The molecule has 43 heavy (non-hydrogen) atoms. The van der Waals surface area contributed by atoms with E-state index in [0.29, 0.717) is 25.1 Å². The van der Waals surface area contributed by atoms with Crippen molar-refractivity contribution < 1.29 is 18.0 Å². The molecule has 1 aliphatic carbocycles. The fourth-order valence-corrected chi connectivity index (χ4v) is 6.72. The van der Waals surface area contributed by atoms with Crippen LogP contribution in [-0.2, 0) is 32.6 Å². The first kappa shape index (κ1) is 32.3. The van der Waals surface area contributed by atoms with E-state index in [1.807, 2.05) is 86.6 Å². The van der Waals surface area contributed by atoms with Gasteiger partial charge in [-0.1, -0.05) is 86.0 Å². The summed E-state index contributed by atoms with van der Waals surface area (Å²) in [6.45, 7) is 4.40. The Balaban J connectivity index is 1.57. The van der Waals surface area contributed by atoms with Crippen molar-refractivity contribution >= 4 is 27.5 Å². The normalized spacial score (nSPS) is 14.6. The number of carbonyl (C=O) groups is 2. The van der Waals surface area contributed by atoms with Crippen molar-refractivity contribution in [2.45, 2.75) is 83.8 Å². The van der Waals surface area contributed by atoms with Crippen LogP contribution in [0.15, 0.2) is 78.9 Å². The maximum absolute atomic E-state index is 14.0. The molecule has 1 atom stereocenters. The number of amides is 2. The van der Waals surface area contributed by atoms with Crippen LogP contribution in [0.25, 0.3) is 0 Å². The van der Waals surface area contributed by atoms with E-state index in [1.165, 1.54) is 17.0 Å². The minimum atomic E-state index is -3.56. The Kier molecular flexibility index (Phi) is 11.4. The summed E-state index contributed by atoms with van der Waals surface area (Å²) < 4.78 is 26.9. The monoisotopic (exact) mass is 603 g/mol. The van der Waals surface area contributed by atoms with Crippen molar-refractivity contribution in [1.82, 2.24) is 10.2 Å². The summed E-state index contributed by atoms with van der Waals surface area (Å²) in [5.41, 5.74) is 4.60. The number of hydrogen-bond donors (Lipinski definition) is 1. The van der Waals surface area contributed by atoms with E-state index in [1.54, 1.807) is 11.0 Å². The highest BCUT2D eigenvalue weighted by Gasteiger charge is 2.32. The van der Waals surface area contributed by atoms with Crippen LogP contribution >= 0.6 is 0 Å². The van der Waals surface area contributed by atoms with Crippen LogP contribution in [0.5, 0.6) is 0 Å². The number of rotatable bonds is 13. The largest absolute Gasteiger partial charge is 0.352 e. The molecule has 7 nitrogen and oxygen atoms in total. The molecule has 0 unspecified atom stereocenters. The predicted molar refractivity (Wildman–Crippen MR) is 173 cm³/mol. The van der Waals surface area contributed by atoms with Gasteiger partial charge in [-0.25, -0.2) is 8.42 Å². The molecule has 3 aromatic carbocycles. The summed E-state index contributed by atoms with van der Waals surface area (Å²) >= 11 is 0. The van der Waals surface area contributed by atoms with E-state index in [9.17, 15) is 18.0 Å². The number of nitrogens with one attached hydrogen (secondary N) is 1. The number of anilines is 1. The Morgan fingerprint density at radius 2 is 1.49 bits per heavy atom. The zero-order chi connectivity index (χ0) is 30.8. The second-order valence-electron chi connectivity index (χ2n) is 11.8. The van der Waals surface area contributed by atoms with E-state index in [0.717, 1.165) is 47.9 Å². The van der Waals surface area contributed by atoms with E-state index in [2.05, 4.69) is 5.32 Å². The van der Waals surface area contributed by atoms with Gasteiger partial charge in [-0.3, -0.25) is 13.9 Å². The minimum absolute atomic E-state index is 0.117. The number of carbonyl (C=O) groups excluding carboxylic acids is 2. The SMILES string of the molecule is Cc1ccc(N(CCCC(=O)N(Cc2ccccc2)[C@@H](Cc2ccccc2)C(=O)NC2CCCCC2)S(C)(=O)=O)cc1C. The third-order valence-corrected chi connectivity index (χ3v) is 9.54. The smallest absolute Gasteiger partial charge is 0.243 e. The molecule has 1 fully saturated rings. The maximum atomic E-state index is 14.0. The summed E-state index contributed by atoms with van der Waals surface area (Å²) in [7, 11) is -3.56. The van der Waals surface area contributed by atoms with Gasteiger partial charge < -0.3 is 10.2 Å². The Hall–Kier alpha value is -3.65. The Labute approximate surface area is 257 Å². The second-order valence-corrected chi connectivity index (χ2v) is 13.7. The minimum Gasteiger partial charge on any atom is -0.352 e. The number of aryl methyl sites for hydroxylation is 2. The molecule has 0 aliphatic heterocycles. The van der Waals surface area contributed by atoms with Gasteiger partial charge in [0, 0.05) is 32.0 Å². The summed E-state index contributed by atoms with van der Waals surface area (Å²) in [4.78, 5) is 29.6. The molecular weight excluding hydrogens is 558 g/mol. The first-order valence-corrected chi connectivity index (χ1v) is 17.2. The molecule has 3 aromatic rings. The van der Waals surface area contributed by atoms with Gasteiger partial charge in [-0.2, -0.15) is 0 Å². The van der Waals surface area contributed by atoms with Crippen LogP contribution in [0.3, 0.4) is 0 Å². The van der Waals surface area contributed by atoms with Gasteiger partial charge in [0.25, 0.3) is 0 Å². The molecule has 0 bridgehead atoms. The summed E-state index contributed by atoms with van der Waals surface area (Å²) in [5, 5.41) is 3.27. The Morgan fingerprint density at radius 1 is 0.860 bits per heavy atom. The lowest BCUT2D eigenvalue weighted by Crippen LogP contribution is -2.52. The van der Waals surface area contributed by atoms with Crippen LogP contribution in [0.1, 0.15) is 67.2 Å². The molecule has 0 heterocycles. The lowest BCUT2D eigenvalue weighted by atomic mass is 9.94. The first-order valence-electron chi connectivity index (χ1n) is 15.3. The zero-order valence-electron chi connectivity index (χ0n) is 25.7. The van der Waals surface area contributed by atoms with Crippen LogP contribution in [0.2, 0.25) is 0 Å². The second kappa shape index (κ2) is 15.2. The zero-order valence-corrected chi connectivity index (χ0v) is 26.5. The van der Waals surface area contributed by atoms with Gasteiger partial charge in [-0.15, -0.1) is 0 Å². The third kappa shape index (κ3) is 9.42. The highest BCUT2D eigenvalue weighted by atomic mass is 32.2. The van der Waals surface area contributed by atoms with Crippen molar-refractivity contribution in [1.29, 1.82) is 0 Å². The molecule has 1 aliphatic rings. The fraction of sp³-hybridized carbons (Fsp3) is 0.429. The average Bonchev–Trinajstić information content (AvgIpc) is 2.99. The molecule has 0 saturated heterocycles. The number of benzene rings is 3. The quantitative estimate of drug-likeness (QED) is 0.262. The first-order chi connectivity index (χ1) is 20.6. The van der Waals surface area contributed by atoms with Crippen molar-refractivity contribution in [2.24, 2.45) is 0 Å². The summed E-state index contributed by atoms with van der Waals surface area (Å²) in [5.74, 6) is -0.301. The Morgan fingerprint density at radius 3 is 2.09 bits per heavy atom. The average molecular weight is 604 g/mol. The number of nitrogens with zero attached hydrogens (tertiary/aromatic N) is 2. The fourth-order valence-electron chi connectivity index (χ4n) is 5.76. The number of hydrogen-bond acceptors (Lipinski definition) is 4. The van der Waals surface area contributed by atoms with Gasteiger partial charge in [0.05, 0.1) is 11.9 Å². The Bertz CT molecular complexity index is 1450. The molecule has 0 aromatic heterocycles. The van der Waals surface area contributed by atoms with Crippen LogP contribution in [-0.4, -0.2) is 50.0 Å². The van der Waals surface area contributed by atoms with Gasteiger partial charge in [0.15, 0.2) is 0 Å². The highest BCUT2D eigenvalue weighted by molar-refractivity contribution is 7.92. The third-order valence-electron chi connectivity index (χ3n) is 8.35. The van der Waals surface area contributed by atoms with Gasteiger partial charge in [0.2, 0.25) is 21.8 Å². The van der Waals surface area contributed by atoms with Gasteiger partial charge in [-0.05, 0) is 67.5 Å². The highest BCUT2D eigenvalue weighted by Crippen LogP contribution is 2.23. The van der Waals surface area contributed by atoms with Crippen LogP contribution in [0, 0.1) is 13.8 Å². The molecule has 0 radical (unpaired) electrons. The van der Waals surface area contributed by atoms with Crippen molar-refractivity contribution in [3.8, 4) is 0 Å².